The maximum Gasteiger partial charge on any atom is 0.331 e. The van der Waals surface area contributed by atoms with Crippen LogP contribution in [0.2, 0.25) is 0 Å². The minimum atomic E-state index is -0.556. The van der Waals surface area contributed by atoms with Crippen molar-refractivity contribution in [3.8, 4) is 0 Å². The Bertz CT molecular complexity index is 752. The van der Waals surface area contributed by atoms with Crippen molar-refractivity contribution >= 4 is 29.9 Å². The summed E-state index contributed by atoms with van der Waals surface area (Å²) in [5.74, 6) is -0.311. The van der Waals surface area contributed by atoms with Crippen molar-refractivity contribution in [2.24, 2.45) is 0 Å². The van der Waals surface area contributed by atoms with Gasteiger partial charge < -0.3 is 14.4 Å². The molecule has 1 aromatic rings. The molecule has 1 N–H and O–H groups in total. The first-order valence-electron chi connectivity index (χ1n) is 8.79. The lowest BCUT2D eigenvalue weighted by atomic mass is 10.1. The lowest BCUT2D eigenvalue weighted by molar-refractivity contribution is -0.148. The molecule has 8 heteroatoms. The summed E-state index contributed by atoms with van der Waals surface area (Å²) < 4.78 is 10.1. The summed E-state index contributed by atoms with van der Waals surface area (Å²) in [4.78, 5) is 41.1. The number of carbonyl (C=O) groups is 3. The van der Waals surface area contributed by atoms with Gasteiger partial charge in [0.25, 0.3) is 0 Å². The van der Waals surface area contributed by atoms with E-state index in [-0.39, 0.29) is 25.0 Å². The normalized spacial score (nSPS) is 13.9. The Morgan fingerprint density at radius 2 is 2.11 bits per heavy atom. The van der Waals surface area contributed by atoms with Gasteiger partial charge in [0.1, 0.15) is 11.4 Å². The Labute approximate surface area is 158 Å². The minimum absolute atomic E-state index is 0.127. The zero-order chi connectivity index (χ0) is 20.0. The average Bonchev–Trinajstić information content (AvgIpc) is 2.57. The lowest BCUT2D eigenvalue weighted by Gasteiger charge is -2.28. The van der Waals surface area contributed by atoms with Crippen LogP contribution in [0.15, 0.2) is 18.3 Å². The largest absolute Gasteiger partial charge is 0.466 e. The smallest absolute Gasteiger partial charge is 0.331 e. The topological polar surface area (TPSA) is 97.8 Å². The SMILES string of the molecule is CCOC(=O)CCN1Cc2cc(C=CC(=O)OC(C)(C)C)cnc2NC1=O. The molecule has 0 radical (unpaired) electrons. The molecule has 27 heavy (non-hydrogen) atoms. The second-order valence-corrected chi connectivity index (χ2v) is 7.05. The summed E-state index contributed by atoms with van der Waals surface area (Å²) in [5, 5.41) is 2.70. The highest BCUT2D eigenvalue weighted by Gasteiger charge is 2.24. The molecule has 0 saturated heterocycles. The number of rotatable bonds is 6. The number of aromatic nitrogens is 1. The van der Waals surface area contributed by atoms with Crippen LogP contribution < -0.4 is 5.32 Å². The van der Waals surface area contributed by atoms with Gasteiger partial charge >= 0.3 is 18.0 Å². The molecule has 0 unspecified atom stereocenters. The second-order valence-electron chi connectivity index (χ2n) is 7.05. The molecular weight excluding hydrogens is 350 g/mol. The third-order valence-corrected chi connectivity index (χ3v) is 3.57. The van der Waals surface area contributed by atoms with Crippen LogP contribution in [0.3, 0.4) is 0 Å². The molecule has 0 bridgehead atoms. The molecule has 2 heterocycles. The lowest BCUT2D eigenvalue weighted by Crippen LogP contribution is -2.40. The van der Waals surface area contributed by atoms with Gasteiger partial charge in [-0.25, -0.2) is 14.6 Å². The van der Waals surface area contributed by atoms with E-state index in [2.05, 4.69) is 10.3 Å². The summed E-state index contributed by atoms with van der Waals surface area (Å²) in [6.45, 7) is 8.01. The number of anilines is 1. The number of carbonyl (C=O) groups excluding carboxylic acids is 3. The molecule has 0 saturated carbocycles. The molecule has 1 aliphatic heterocycles. The number of hydrogen-bond acceptors (Lipinski definition) is 6. The van der Waals surface area contributed by atoms with Gasteiger partial charge in [0.2, 0.25) is 0 Å². The maximum absolute atomic E-state index is 12.1. The van der Waals surface area contributed by atoms with Gasteiger partial charge in [0.15, 0.2) is 0 Å². The predicted molar refractivity (Wildman–Crippen MR) is 99.8 cm³/mol. The molecule has 0 spiro atoms. The fourth-order valence-corrected chi connectivity index (χ4v) is 2.45. The highest BCUT2D eigenvalue weighted by molar-refractivity contribution is 5.92. The molecule has 0 fully saturated rings. The van der Waals surface area contributed by atoms with Gasteiger partial charge in [-0.3, -0.25) is 10.1 Å². The van der Waals surface area contributed by atoms with Gasteiger partial charge in [0.05, 0.1) is 19.6 Å². The van der Waals surface area contributed by atoms with Crippen LogP contribution in [0.1, 0.15) is 45.2 Å². The van der Waals surface area contributed by atoms with Crippen molar-refractivity contribution in [3.63, 3.8) is 0 Å². The fraction of sp³-hybridized carbons (Fsp3) is 0.474. The molecule has 146 valence electrons. The van der Waals surface area contributed by atoms with Crippen molar-refractivity contribution < 1.29 is 23.9 Å². The first-order valence-corrected chi connectivity index (χ1v) is 8.79. The second kappa shape index (κ2) is 8.66. The van der Waals surface area contributed by atoms with Crippen LogP contribution in [-0.4, -0.2) is 46.6 Å². The first-order chi connectivity index (χ1) is 12.7. The van der Waals surface area contributed by atoms with E-state index >= 15 is 0 Å². The van der Waals surface area contributed by atoms with Crippen molar-refractivity contribution in [3.05, 3.63) is 29.5 Å². The maximum atomic E-state index is 12.1. The zero-order valence-corrected chi connectivity index (χ0v) is 16.1. The molecule has 2 amide bonds. The minimum Gasteiger partial charge on any atom is -0.466 e. The summed E-state index contributed by atoms with van der Waals surface area (Å²) in [5.41, 5.74) is 0.949. The number of hydrogen-bond donors (Lipinski definition) is 1. The van der Waals surface area contributed by atoms with Crippen LogP contribution >= 0.6 is 0 Å². The molecule has 0 aliphatic carbocycles. The Hall–Kier alpha value is -2.90. The summed E-state index contributed by atoms with van der Waals surface area (Å²) in [7, 11) is 0. The van der Waals surface area contributed by atoms with Gasteiger partial charge in [-0.05, 0) is 45.4 Å². The highest BCUT2D eigenvalue weighted by Crippen LogP contribution is 2.22. The number of nitrogens with zero attached hydrogens (tertiary/aromatic N) is 2. The van der Waals surface area contributed by atoms with Crippen LogP contribution in [-0.2, 0) is 25.6 Å². The number of fused-ring (bicyclic) bond motifs is 1. The van der Waals surface area contributed by atoms with E-state index in [1.165, 1.54) is 11.0 Å². The summed E-state index contributed by atoms with van der Waals surface area (Å²) in [6.07, 6.45) is 4.64. The monoisotopic (exact) mass is 375 g/mol. The third-order valence-electron chi connectivity index (χ3n) is 3.57. The Balaban J connectivity index is 2.03. The van der Waals surface area contributed by atoms with Gasteiger partial charge in [-0.2, -0.15) is 0 Å². The fourth-order valence-electron chi connectivity index (χ4n) is 2.45. The van der Waals surface area contributed by atoms with Crippen molar-refractivity contribution in [2.45, 2.75) is 46.3 Å². The van der Waals surface area contributed by atoms with Crippen LogP contribution in [0.4, 0.5) is 10.6 Å². The van der Waals surface area contributed by atoms with E-state index in [4.69, 9.17) is 9.47 Å². The number of urea groups is 1. The van der Waals surface area contributed by atoms with Crippen molar-refractivity contribution in [1.29, 1.82) is 0 Å². The average molecular weight is 375 g/mol. The molecule has 0 aromatic carbocycles. The number of esters is 2. The third kappa shape index (κ3) is 6.40. The van der Waals surface area contributed by atoms with Crippen molar-refractivity contribution in [1.82, 2.24) is 9.88 Å². The molecular formula is C19H25N3O5. The van der Waals surface area contributed by atoms with Crippen LogP contribution in [0.25, 0.3) is 6.08 Å². The van der Waals surface area contributed by atoms with E-state index in [9.17, 15) is 14.4 Å². The van der Waals surface area contributed by atoms with Gasteiger partial charge in [-0.15, -0.1) is 0 Å². The molecule has 1 aromatic heterocycles. The summed E-state index contributed by atoms with van der Waals surface area (Å²) in [6, 6.07) is 1.52. The van der Waals surface area contributed by atoms with E-state index in [1.54, 1.807) is 40.0 Å². The Morgan fingerprint density at radius 1 is 1.37 bits per heavy atom. The first kappa shape index (κ1) is 20.4. The number of amides is 2. The molecule has 8 nitrogen and oxygen atoms in total. The van der Waals surface area contributed by atoms with E-state index in [0.29, 0.717) is 24.5 Å². The predicted octanol–water partition coefficient (Wildman–Crippen LogP) is 2.74. The molecule has 1 aliphatic rings. The molecule has 0 atom stereocenters. The van der Waals surface area contributed by atoms with Gasteiger partial charge in [0, 0.05) is 24.4 Å². The van der Waals surface area contributed by atoms with Crippen molar-refractivity contribution in [2.75, 3.05) is 18.5 Å². The standard InChI is InChI=1S/C19H25N3O5/c1-5-26-15(23)8-9-22-12-14-10-13(11-20-17(14)21-18(22)25)6-7-16(24)27-19(2,3)4/h6-7,10-11H,5,8-9,12H2,1-4H3,(H,20,21,25). The number of ether oxygens (including phenoxy) is 2. The molecule has 2 rings (SSSR count). The van der Waals surface area contributed by atoms with Crippen LogP contribution in [0, 0.1) is 0 Å². The Morgan fingerprint density at radius 3 is 2.78 bits per heavy atom. The van der Waals surface area contributed by atoms with E-state index in [1.807, 2.05) is 6.07 Å². The van der Waals surface area contributed by atoms with E-state index in [0.717, 1.165) is 5.56 Å². The highest BCUT2D eigenvalue weighted by atomic mass is 16.6. The summed E-state index contributed by atoms with van der Waals surface area (Å²) >= 11 is 0. The number of pyridine rings is 1. The van der Waals surface area contributed by atoms with Gasteiger partial charge in [-0.1, -0.05) is 0 Å². The quantitative estimate of drug-likeness (QED) is 0.606. The van der Waals surface area contributed by atoms with Crippen LogP contribution in [0.5, 0.6) is 0 Å². The van der Waals surface area contributed by atoms with E-state index < -0.39 is 11.6 Å². The Kier molecular flexibility index (Phi) is 6.55. The number of nitrogens with one attached hydrogen (secondary N) is 1. The zero-order valence-electron chi connectivity index (χ0n) is 16.1.